The Kier molecular flexibility index (Phi) is 2.43. The molecule has 0 aromatic carbocycles. The Hall–Kier alpha value is -1.45. The van der Waals surface area contributed by atoms with Crippen molar-refractivity contribution in [2.24, 2.45) is 5.92 Å². The van der Waals surface area contributed by atoms with Gasteiger partial charge in [0.25, 0.3) is 0 Å². The molecule has 1 fully saturated rings. The van der Waals surface area contributed by atoms with E-state index < -0.39 is 0 Å². The summed E-state index contributed by atoms with van der Waals surface area (Å²) in [4.78, 5) is 19.2. The lowest BCUT2D eigenvalue weighted by molar-refractivity contribution is -0.144. The van der Waals surface area contributed by atoms with Gasteiger partial charge >= 0.3 is 5.97 Å². The largest absolute Gasteiger partial charge is 0.466 e. The van der Waals surface area contributed by atoms with Gasteiger partial charge in [0, 0.05) is 18.3 Å². The SMILES string of the molecule is CCOC(=O)[C@@H]1C[C@H]1c1cncnc1. The van der Waals surface area contributed by atoms with E-state index in [9.17, 15) is 4.79 Å². The van der Waals surface area contributed by atoms with Crippen LogP contribution in [0.15, 0.2) is 18.7 Å². The van der Waals surface area contributed by atoms with Crippen molar-refractivity contribution >= 4 is 5.97 Å². The first kappa shape index (κ1) is 9.12. The fourth-order valence-corrected chi connectivity index (χ4v) is 1.58. The molecule has 1 heterocycles. The predicted octanol–water partition coefficient (Wildman–Crippen LogP) is 1.14. The lowest BCUT2D eigenvalue weighted by Crippen LogP contribution is -2.07. The van der Waals surface area contributed by atoms with E-state index >= 15 is 0 Å². The second-order valence-corrected chi connectivity index (χ2v) is 3.37. The van der Waals surface area contributed by atoms with Gasteiger partial charge in [-0.2, -0.15) is 0 Å². The van der Waals surface area contributed by atoms with Gasteiger partial charge in [-0.1, -0.05) is 0 Å². The first-order valence-corrected chi connectivity index (χ1v) is 4.74. The summed E-state index contributed by atoms with van der Waals surface area (Å²) in [5.41, 5.74) is 1.03. The summed E-state index contributed by atoms with van der Waals surface area (Å²) in [7, 11) is 0. The van der Waals surface area contributed by atoms with Gasteiger partial charge in [0.05, 0.1) is 12.5 Å². The number of rotatable bonds is 3. The predicted molar refractivity (Wildman–Crippen MR) is 49.5 cm³/mol. The Morgan fingerprint density at radius 1 is 1.57 bits per heavy atom. The van der Waals surface area contributed by atoms with Gasteiger partial charge in [0.15, 0.2) is 0 Å². The summed E-state index contributed by atoms with van der Waals surface area (Å²) in [6.07, 6.45) is 5.88. The minimum absolute atomic E-state index is 0.0287. The molecule has 1 aromatic rings. The van der Waals surface area contributed by atoms with Crippen molar-refractivity contribution in [1.82, 2.24) is 9.97 Å². The maximum Gasteiger partial charge on any atom is 0.309 e. The van der Waals surface area contributed by atoms with Crippen LogP contribution >= 0.6 is 0 Å². The quantitative estimate of drug-likeness (QED) is 0.674. The molecule has 0 unspecified atom stereocenters. The number of carbonyl (C=O) groups is 1. The summed E-state index contributed by atoms with van der Waals surface area (Å²) >= 11 is 0. The van der Waals surface area contributed by atoms with Crippen LogP contribution in [0.3, 0.4) is 0 Å². The van der Waals surface area contributed by atoms with Crippen molar-refractivity contribution in [3.63, 3.8) is 0 Å². The molecule has 1 aliphatic carbocycles. The van der Waals surface area contributed by atoms with Crippen LogP contribution < -0.4 is 0 Å². The molecular weight excluding hydrogens is 180 g/mol. The lowest BCUT2D eigenvalue weighted by atomic mass is 10.2. The molecule has 0 amide bonds. The number of ether oxygens (including phenoxy) is 1. The molecule has 0 spiro atoms. The average Bonchev–Trinajstić information content (AvgIpc) is 2.99. The monoisotopic (exact) mass is 192 g/mol. The van der Waals surface area contributed by atoms with Crippen molar-refractivity contribution < 1.29 is 9.53 Å². The Balaban J connectivity index is 1.96. The zero-order valence-electron chi connectivity index (χ0n) is 8.01. The molecule has 1 saturated carbocycles. The highest BCUT2D eigenvalue weighted by molar-refractivity contribution is 5.77. The highest BCUT2D eigenvalue weighted by atomic mass is 16.5. The van der Waals surface area contributed by atoms with Crippen LogP contribution in [0.5, 0.6) is 0 Å². The first-order chi connectivity index (χ1) is 6.83. The highest BCUT2D eigenvalue weighted by Crippen LogP contribution is 2.47. The summed E-state index contributed by atoms with van der Waals surface area (Å²) < 4.78 is 4.94. The van der Waals surface area contributed by atoms with E-state index in [0.717, 1.165) is 12.0 Å². The molecule has 2 atom stereocenters. The van der Waals surface area contributed by atoms with Gasteiger partial charge < -0.3 is 4.74 Å². The zero-order chi connectivity index (χ0) is 9.97. The van der Waals surface area contributed by atoms with E-state index in [-0.39, 0.29) is 17.8 Å². The summed E-state index contributed by atoms with van der Waals surface area (Å²) in [6, 6.07) is 0. The Bertz CT molecular complexity index is 326. The van der Waals surface area contributed by atoms with Gasteiger partial charge in [-0.25, -0.2) is 9.97 Å². The molecule has 0 N–H and O–H groups in total. The number of esters is 1. The summed E-state index contributed by atoms with van der Waals surface area (Å²) in [6.45, 7) is 2.27. The van der Waals surface area contributed by atoms with Gasteiger partial charge in [-0.05, 0) is 18.9 Å². The lowest BCUT2D eigenvalue weighted by Gasteiger charge is -1.99. The van der Waals surface area contributed by atoms with Crippen LogP contribution in [-0.2, 0) is 9.53 Å². The zero-order valence-corrected chi connectivity index (χ0v) is 8.01. The maximum absolute atomic E-state index is 11.3. The minimum atomic E-state index is -0.0960. The van der Waals surface area contributed by atoms with Crippen LogP contribution in [0.25, 0.3) is 0 Å². The maximum atomic E-state index is 11.3. The Labute approximate surface area is 82.3 Å². The van der Waals surface area contributed by atoms with Crippen molar-refractivity contribution in [2.75, 3.05) is 6.61 Å². The van der Waals surface area contributed by atoms with Crippen LogP contribution in [0.1, 0.15) is 24.8 Å². The van der Waals surface area contributed by atoms with E-state index in [1.54, 1.807) is 12.4 Å². The smallest absolute Gasteiger partial charge is 0.309 e. The minimum Gasteiger partial charge on any atom is -0.466 e. The van der Waals surface area contributed by atoms with Crippen molar-refractivity contribution in [3.8, 4) is 0 Å². The third-order valence-corrected chi connectivity index (χ3v) is 2.39. The number of hydrogen-bond acceptors (Lipinski definition) is 4. The molecule has 1 aliphatic rings. The molecule has 4 nitrogen and oxygen atoms in total. The molecule has 1 aromatic heterocycles. The van der Waals surface area contributed by atoms with Crippen molar-refractivity contribution in [1.29, 1.82) is 0 Å². The van der Waals surface area contributed by atoms with Crippen LogP contribution in [0.4, 0.5) is 0 Å². The summed E-state index contributed by atoms with van der Waals surface area (Å²) in [5.74, 6) is 0.206. The molecule has 0 saturated heterocycles. The molecule has 0 radical (unpaired) electrons. The second kappa shape index (κ2) is 3.74. The third kappa shape index (κ3) is 1.73. The molecule has 74 valence electrons. The number of aromatic nitrogens is 2. The van der Waals surface area contributed by atoms with E-state index in [2.05, 4.69) is 9.97 Å². The van der Waals surface area contributed by atoms with E-state index in [1.165, 1.54) is 6.33 Å². The molecule has 14 heavy (non-hydrogen) atoms. The molecule has 0 bridgehead atoms. The number of carbonyl (C=O) groups excluding carboxylic acids is 1. The van der Waals surface area contributed by atoms with E-state index in [4.69, 9.17) is 4.74 Å². The van der Waals surface area contributed by atoms with Crippen LogP contribution in [-0.4, -0.2) is 22.5 Å². The second-order valence-electron chi connectivity index (χ2n) is 3.37. The van der Waals surface area contributed by atoms with Gasteiger partial charge in [0.2, 0.25) is 0 Å². The van der Waals surface area contributed by atoms with Gasteiger partial charge in [0.1, 0.15) is 6.33 Å². The Morgan fingerprint density at radius 2 is 2.29 bits per heavy atom. The number of hydrogen-bond donors (Lipinski definition) is 0. The summed E-state index contributed by atoms with van der Waals surface area (Å²) in [5, 5.41) is 0. The van der Waals surface area contributed by atoms with Gasteiger partial charge in [-0.15, -0.1) is 0 Å². The fourth-order valence-electron chi connectivity index (χ4n) is 1.58. The molecule has 4 heteroatoms. The fraction of sp³-hybridized carbons (Fsp3) is 0.500. The van der Waals surface area contributed by atoms with Crippen LogP contribution in [0, 0.1) is 5.92 Å². The molecule has 2 rings (SSSR count). The van der Waals surface area contributed by atoms with Crippen molar-refractivity contribution in [3.05, 3.63) is 24.3 Å². The normalized spacial score (nSPS) is 24.4. The Morgan fingerprint density at radius 3 is 2.93 bits per heavy atom. The van der Waals surface area contributed by atoms with E-state index in [1.807, 2.05) is 6.92 Å². The van der Waals surface area contributed by atoms with Crippen LogP contribution in [0.2, 0.25) is 0 Å². The number of nitrogens with zero attached hydrogens (tertiary/aromatic N) is 2. The topological polar surface area (TPSA) is 52.1 Å². The highest BCUT2D eigenvalue weighted by Gasteiger charge is 2.45. The first-order valence-electron chi connectivity index (χ1n) is 4.74. The average molecular weight is 192 g/mol. The standard InChI is InChI=1S/C10H12N2O2/c1-2-14-10(13)9-3-8(9)7-4-11-6-12-5-7/h4-6,8-9H,2-3H2,1H3/t8-,9+/m0/s1. The third-order valence-electron chi connectivity index (χ3n) is 2.39. The molecule has 0 aliphatic heterocycles. The molecular formula is C10H12N2O2. The van der Waals surface area contributed by atoms with E-state index in [0.29, 0.717) is 6.61 Å². The van der Waals surface area contributed by atoms with Gasteiger partial charge in [-0.3, -0.25) is 4.79 Å². The van der Waals surface area contributed by atoms with Crippen molar-refractivity contribution in [2.45, 2.75) is 19.3 Å².